The SMILES string of the molecule is CC(C)Oc1ccc(C2CNCCN2C(=O)CN2CCOCC2)cc1. The Morgan fingerprint density at radius 3 is 2.64 bits per heavy atom. The predicted octanol–water partition coefficient (Wildman–Crippen LogP) is 1.28. The maximum Gasteiger partial charge on any atom is 0.237 e. The van der Waals surface area contributed by atoms with Crippen molar-refractivity contribution in [3.63, 3.8) is 0 Å². The lowest BCUT2D eigenvalue weighted by Gasteiger charge is -2.38. The second kappa shape index (κ2) is 8.65. The van der Waals surface area contributed by atoms with Gasteiger partial charge in [0.05, 0.1) is 31.9 Å². The third kappa shape index (κ3) is 4.93. The van der Waals surface area contributed by atoms with Gasteiger partial charge in [-0.3, -0.25) is 9.69 Å². The average Bonchev–Trinajstić information content (AvgIpc) is 2.63. The minimum Gasteiger partial charge on any atom is -0.491 e. The van der Waals surface area contributed by atoms with Crippen LogP contribution in [0, 0.1) is 0 Å². The molecule has 2 aliphatic rings. The van der Waals surface area contributed by atoms with Gasteiger partial charge in [0.15, 0.2) is 0 Å². The summed E-state index contributed by atoms with van der Waals surface area (Å²) < 4.78 is 11.1. The maximum absolute atomic E-state index is 12.9. The summed E-state index contributed by atoms with van der Waals surface area (Å²) >= 11 is 0. The molecule has 2 fully saturated rings. The molecular weight excluding hydrogens is 318 g/mol. The third-order valence-electron chi connectivity index (χ3n) is 4.66. The van der Waals surface area contributed by atoms with Gasteiger partial charge in [-0.1, -0.05) is 12.1 Å². The molecule has 138 valence electrons. The largest absolute Gasteiger partial charge is 0.491 e. The Morgan fingerprint density at radius 1 is 1.24 bits per heavy atom. The molecule has 0 spiro atoms. The minimum absolute atomic E-state index is 0.0791. The van der Waals surface area contributed by atoms with E-state index in [1.165, 1.54) is 0 Å². The first kappa shape index (κ1) is 18.2. The standard InChI is InChI=1S/C19H29N3O3/c1-15(2)25-17-5-3-16(4-6-17)18-13-20-7-8-22(18)19(23)14-21-9-11-24-12-10-21/h3-6,15,18,20H,7-14H2,1-2H3. The van der Waals surface area contributed by atoms with Crippen LogP contribution in [-0.2, 0) is 9.53 Å². The quantitative estimate of drug-likeness (QED) is 0.870. The van der Waals surface area contributed by atoms with Crippen molar-refractivity contribution in [3.05, 3.63) is 29.8 Å². The third-order valence-corrected chi connectivity index (χ3v) is 4.66. The van der Waals surface area contributed by atoms with Gasteiger partial charge in [0.2, 0.25) is 5.91 Å². The number of hydrogen-bond donors (Lipinski definition) is 1. The van der Waals surface area contributed by atoms with Crippen molar-refractivity contribution in [2.45, 2.75) is 26.0 Å². The van der Waals surface area contributed by atoms with Crippen molar-refractivity contribution >= 4 is 5.91 Å². The number of ether oxygens (including phenoxy) is 2. The van der Waals surface area contributed by atoms with E-state index in [4.69, 9.17) is 9.47 Å². The van der Waals surface area contributed by atoms with Crippen LogP contribution in [-0.4, -0.2) is 74.3 Å². The molecule has 1 atom stereocenters. The Kier molecular flexibility index (Phi) is 6.29. The molecule has 2 saturated heterocycles. The van der Waals surface area contributed by atoms with Gasteiger partial charge < -0.3 is 19.7 Å². The Labute approximate surface area is 150 Å². The molecule has 6 nitrogen and oxygen atoms in total. The number of benzene rings is 1. The highest BCUT2D eigenvalue weighted by molar-refractivity contribution is 5.79. The van der Waals surface area contributed by atoms with E-state index < -0.39 is 0 Å². The molecule has 0 aromatic heterocycles. The zero-order valence-electron chi connectivity index (χ0n) is 15.2. The number of rotatable bonds is 5. The smallest absolute Gasteiger partial charge is 0.237 e. The van der Waals surface area contributed by atoms with Crippen molar-refractivity contribution in [2.24, 2.45) is 0 Å². The van der Waals surface area contributed by atoms with E-state index in [1.807, 2.05) is 30.9 Å². The molecule has 1 amide bonds. The second-order valence-corrected chi connectivity index (χ2v) is 6.93. The van der Waals surface area contributed by atoms with Gasteiger partial charge in [-0.25, -0.2) is 0 Å². The van der Waals surface area contributed by atoms with Gasteiger partial charge in [0, 0.05) is 32.7 Å². The van der Waals surface area contributed by atoms with Crippen LogP contribution < -0.4 is 10.1 Å². The van der Waals surface area contributed by atoms with E-state index in [2.05, 4.69) is 22.3 Å². The molecule has 0 bridgehead atoms. The van der Waals surface area contributed by atoms with Crippen molar-refractivity contribution in [1.82, 2.24) is 15.1 Å². The van der Waals surface area contributed by atoms with E-state index in [9.17, 15) is 4.79 Å². The fraction of sp³-hybridized carbons (Fsp3) is 0.632. The summed E-state index contributed by atoms with van der Waals surface area (Å²) in [6.45, 7) is 10.0. The summed E-state index contributed by atoms with van der Waals surface area (Å²) in [5.41, 5.74) is 1.15. The number of hydrogen-bond acceptors (Lipinski definition) is 5. The van der Waals surface area contributed by atoms with Gasteiger partial charge in [0.25, 0.3) is 0 Å². The van der Waals surface area contributed by atoms with E-state index in [-0.39, 0.29) is 18.1 Å². The van der Waals surface area contributed by atoms with Gasteiger partial charge in [0.1, 0.15) is 5.75 Å². The molecule has 0 saturated carbocycles. The van der Waals surface area contributed by atoms with Crippen LogP contribution in [0.4, 0.5) is 0 Å². The van der Waals surface area contributed by atoms with Crippen LogP contribution in [0.25, 0.3) is 0 Å². The average molecular weight is 347 g/mol. The number of nitrogens with zero attached hydrogens (tertiary/aromatic N) is 2. The number of amides is 1. The van der Waals surface area contributed by atoms with Gasteiger partial charge in [-0.15, -0.1) is 0 Å². The summed E-state index contributed by atoms with van der Waals surface area (Å²) in [5, 5.41) is 3.41. The van der Waals surface area contributed by atoms with Gasteiger partial charge in [-0.05, 0) is 31.5 Å². The van der Waals surface area contributed by atoms with Crippen LogP contribution in [0.3, 0.4) is 0 Å². The fourth-order valence-corrected chi connectivity index (χ4v) is 3.38. The zero-order valence-corrected chi connectivity index (χ0v) is 15.2. The fourth-order valence-electron chi connectivity index (χ4n) is 3.38. The lowest BCUT2D eigenvalue weighted by molar-refractivity contribution is -0.136. The monoisotopic (exact) mass is 347 g/mol. The topological polar surface area (TPSA) is 54.0 Å². The van der Waals surface area contributed by atoms with E-state index >= 15 is 0 Å². The van der Waals surface area contributed by atoms with E-state index in [0.717, 1.165) is 57.3 Å². The molecule has 1 aromatic carbocycles. The Hall–Kier alpha value is -1.63. The van der Waals surface area contributed by atoms with E-state index in [0.29, 0.717) is 6.54 Å². The van der Waals surface area contributed by atoms with Crippen LogP contribution >= 0.6 is 0 Å². The second-order valence-electron chi connectivity index (χ2n) is 6.93. The zero-order chi connectivity index (χ0) is 17.6. The van der Waals surface area contributed by atoms with Gasteiger partial charge >= 0.3 is 0 Å². The highest BCUT2D eigenvalue weighted by Crippen LogP contribution is 2.25. The summed E-state index contributed by atoms with van der Waals surface area (Å²) in [6, 6.07) is 8.22. The van der Waals surface area contributed by atoms with Gasteiger partial charge in [-0.2, -0.15) is 0 Å². The van der Waals surface area contributed by atoms with Crippen molar-refractivity contribution in [2.75, 3.05) is 52.5 Å². The molecule has 0 aliphatic carbocycles. The van der Waals surface area contributed by atoms with Crippen molar-refractivity contribution in [3.8, 4) is 5.75 Å². The van der Waals surface area contributed by atoms with Crippen molar-refractivity contribution < 1.29 is 14.3 Å². The number of nitrogens with one attached hydrogen (secondary N) is 1. The first-order valence-corrected chi connectivity index (χ1v) is 9.20. The van der Waals surface area contributed by atoms with Crippen LogP contribution in [0.5, 0.6) is 5.75 Å². The number of carbonyl (C=O) groups excluding carboxylic acids is 1. The molecule has 1 N–H and O–H groups in total. The molecule has 6 heteroatoms. The number of morpholine rings is 1. The molecule has 0 radical (unpaired) electrons. The first-order chi connectivity index (χ1) is 12.1. The minimum atomic E-state index is 0.0791. The Balaban J connectivity index is 1.66. The molecule has 3 rings (SSSR count). The number of carbonyl (C=O) groups is 1. The highest BCUT2D eigenvalue weighted by Gasteiger charge is 2.29. The summed E-state index contributed by atoms with van der Waals surface area (Å²) in [6.07, 6.45) is 0.161. The lowest BCUT2D eigenvalue weighted by atomic mass is 10.0. The Morgan fingerprint density at radius 2 is 1.96 bits per heavy atom. The molecule has 2 aliphatic heterocycles. The van der Waals surface area contributed by atoms with E-state index in [1.54, 1.807) is 0 Å². The summed E-state index contributed by atoms with van der Waals surface area (Å²) in [7, 11) is 0. The van der Waals surface area contributed by atoms with Crippen LogP contribution in [0.2, 0.25) is 0 Å². The highest BCUT2D eigenvalue weighted by atomic mass is 16.5. The lowest BCUT2D eigenvalue weighted by Crippen LogP contribution is -2.52. The van der Waals surface area contributed by atoms with Crippen LogP contribution in [0.1, 0.15) is 25.5 Å². The summed E-state index contributed by atoms with van der Waals surface area (Å²) in [5.74, 6) is 1.07. The number of piperazine rings is 1. The van der Waals surface area contributed by atoms with Crippen LogP contribution in [0.15, 0.2) is 24.3 Å². The van der Waals surface area contributed by atoms with Crippen molar-refractivity contribution in [1.29, 1.82) is 0 Å². The normalized spacial score (nSPS) is 22.2. The Bertz CT molecular complexity index is 556. The molecular formula is C19H29N3O3. The molecule has 1 aromatic rings. The summed E-state index contributed by atoms with van der Waals surface area (Å²) in [4.78, 5) is 17.1. The molecule has 1 unspecified atom stereocenters. The molecule has 25 heavy (non-hydrogen) atoms. The molecule has 2 heterocycles. The predicted molar refractivity (Wildman–Crippen MR) is 96.8 cm³/mol. The first-order valence-electron chi connectivity index (χ1n) is 9.20. The maximum atomic E-state index is 12.9.